The first-order chi connectivity index (χ1) is 14.4. The van der Waals surface area contributed by atoms with E-state index in [-0.39, 0.29) is 10.7 Å². The van der Waals surface area contributed by atoms with Crippen molar-refractivity contribution in [3.63, 3.8) is 0 Å². The topological polar surface area (TPSA) is 99.3 Å². The molecule has 1 heterocycles. The van der Waals surface area contributed by atoms with Crippen molar-refractivity contribution in [1.82, 2.24) is 10.2 Å². The maximum absolute atomic E-state index is 13.8. The minimum absolute atomic E-state index is 0.0451. The molecule has 1 aliphatic heterocycles. The number of nitrogen functional groups attached to an aromatic ring is 1. The zero-order chi connectivity index (χ0) is 21.3. The summed E-state index contributed by atoms with van der Waals surface area (Å²) in [6.45, 7) is 2.71. The van der Waals surface area contributed by atoms with E-state index in [9.17, 15) is 8.42 Å². The lowest BCUT2D eigenvalue weighted by atomic mass is 10.1. The van der Waals surface area contributed by atoms with E-state index in [1.807, 2.05) is 17.0 Å². The Bertz CT molecular complexity index is 1190. The summed E-state index contributed by atoms with van der Waals surface area (Å²) >= 11 is 6.06. The van der Waals surface area contributed by atoms with Crippen molar-refractivity contribution in [3.05, 3.63) is 76.8 Å². The number of sulfone groups is 1. The minimum Gasteiger partial charge on any atom is -0.384 e. The Morgan fingerprint density at radius 2 is 1.63 bits per heavy atom. The van der Waals surface area contributed by atoms with Crippen molar-refractivity contribution in [2.45, 2.75) is 10.3 Å². The number of benzene rings is 3. The first-order valence-electron chi connectivity index (χ1n) is 9.68. The molecule has 0 bridgehead atoms. The summed E-state index contributed by atoms with van der Waals surface area (Å²) < 4.78 is 27.6. The van der Waals surface area contributed by atoms with Gasteiger partial charge < -0.3 is 11.1 Å². The molecular weight excluding hydrogens is 420 g/mol. The molecule has 3 aromatic rings. The number of nitrogens with two attached hydrogens (primary N) is 1. The van der Waals surface area contributed by atoms with E-state index >= 15 is 0 Å². The van der Waals surface area contributed by atoms with Crippen LogP contribution in [-0.2, 0) is 9.84 Å². The Balaban J connectivity index is 1.80. The SMILES string of the molecule is N=C(N)c1ccc(C(N2CCNCC2)S(=O)(=O)c2ccc3cc(Cl)ccc3c2)cc1. The van der Waals surface area contributed by atoms with Crippen LogP contribution in [0.5, 0.6) is 0 Å². The molecule has 4 N–H and O–H groups in total. The molecule has 1 fully saturated rings. The highest BCUT2D eigenvalue weighted by atomic mass is 35.5. The van der Waals surface area contributed by atoms with Crippen LogP contribution in [0.2, 0.25) is 5.02 Å². The number of nitrogens with zero attached hydrogens (tertiary/aromatic N) is 1. The standard InChI is InChI=1S/C22H23ClN4O2S/c23-19-7-5-18-14-20(8-6-17(18)13-19)30(28,29)22(27-11-9-26-10-12-27)16-3-1-15(2-4-16)21(24)25/h1-8,13-14,22,26H,9-12H2,(H3,24,25). The third-order valence-electron chi connectivity index (χ3n) is 5.39. The number of halogens is 1. The molecule has 1 aliphatic rings. The van der Waals surface area contributed by atoms with Crippen molar-refractivity contribution >= 4 is 38.0 Å². The number of hydrogen-bond acceptors (Lipinski definition) is 5. The maximum Gasteiger partial charge on any atom is 0.198 e. The molecule has 0 saturated carbocycles. The molecule has 1 saturated heterocycles. The molecule has 30 heavy (non-hydrogen) atoms. The molecule has 0 spiro atoms. The highest BCUT2D eigenvalue weighted by molar-refractivity contribution is 7.91. The maximum atomic E-state index is 13.8. The lowest BCUT2D eigenvalue weighted by Gasteiger charge is -2.34. The fraction of sp³-hybridized carbons (Fsp3) is 0.227. The molecule has 0 aromatic heterocycles. The predicted molar refractivity (Wildman–Crippen MR) is 121 cm³/mol. The Labute approximate surface area is 181 Å². The van der Waals surface area contributed by atoms with E-state index in [0.717, 1.165) is 23.9 Å². The van der Waals surface area contributed by atoms with Gasteiger partial charge in [0.25, 0.3) is 0 Å². The van der Waals surface area contributed by atoms with Gasteiger partial charge in [-0.15, -0.1) is 0 Å². The Hall–Kier alpha value is -2.45. The van der Waals surface area contributed by atoms with Crippen LogP contribution >= 0.6 is 11.6 Å². The highest BCUT2D eigenvalue weighted by Crippen LogP contribution is 2.34. The summed E-state index contributed by atoms with van der Waals surface area (Å²) in [5, 5.41) is 12.4. The molecule has 4 rings (SSSR count). The van der Waals surface area contributed by atoms with E-state index in [1.165, 1.54) is 0 Å². The fourth-order valence-electron chi connectivity index (χ4n) is 3.83. The number of nitrogens with one attached hydrogen (secondary N) is 2. The second-order valence-corrected chi connectivity index (χ2v) is 9.82. The zero-order valence-corrected chi connectivity index (χ0v) is 17.9. The molecular formula is C22H23ClN4O2S. The first kappa shape index (κ1) is 20.8. The number of amidine groups is 1. The molecule has 0 amide bonds. The number of rotatable bonds is 5. The average Bonchev–Trinajstić information content (AvgIpc) is 2.74. The minimum atomic E-state index is -3.71. The van der Waals surface area contributed by atoms with Gasteiger partial charge in [-0.25, -0.2) is 8.42 Å². The molecule has 3 aromatic carbocycles. The van der Waals surface area contributed by atoms with E-state index in [1.54, 1.807) is 48.5 Å². The predicted octanol–water partition coefficient (Wildman–Crippen LogP) is 3.15. The van der Waals surface area contributed by atoms with Crippen LogP contribution < -0.4 is 11.1 Å². The first-order valence-corrected chi connectivity index (χ1v) is 11.6. The summed E-state index contributed by atoms with van der Waals surface area (Å²) in [5.74, 6) is -0.0451. The van der Waals surface area contributed by atoms with E-state index in [0.29, 0.717) is 29.2 Å². The van der Waals surface area contributed by atoms with Gasteiger partial charge in [-0.05, 0) is 40.6 Å². The van der Waals surface area contributed by atoms with Gasteiger partial charge in [0.1, 0.15) is 11.2 Å². The van der Waals surface area contributed by atoms with Crippen molar-refractivity contribution < 1.29 is 8.42 Å². The third-order valence-corrected chi connectivity index (χ3v) is 7.69. The molecule has 1 atom stereocenters. The van der Waals surface area contributed by atoms with Crippen LogP contribution in [0.15, 0.2) is 65.6 Å². The largest absolute Gasteiger partial charge is 0.384 e. The van der Waals surface area contributed by atoms with Crippen molar-refractivity contribution in [1.29, 1.82) is 5.41 Å². The third kappa shape index (κ3) is 4.06. The summed E-state index contributed by atoms with van der Waals surface area (Å²) in [6.07, 6.45) is 0. The van der Waals surface area contributed by atoms with Crippen LogP contribution in [0.4, 0.5) is 0 Å². The molecule has 6 nitrogen and oxygen atoms in total. The quantitative estimate of drug-likeness (QED) is 0.416. The molecule has 156 valence electrons. The lowest BCUT2D eigenvalue weighted by Crippen LogP contribution is -2.47. The monoisotopic (exact) mass is 442 g/mol. The summed E-state index contributed by atoms with van der Waals surface area (Å²) in [5.41, 5.74) is 6.79. The van der Waals surface area contributed by atoms with Gasteiger partial charge in [0.2, 0.25) is 0 Å². The van der Waals surface area contributed by atoms with Gasteiger partial charge in [-0.1, -0.05) is 48.0 Å². The van der Waals surface area contributed by atoms with E-state index in [4.69, 9.17) is 22.7 Å². The van der Waals surface area contributed by atoms with Crippen LogP contribution in [0.1, 0.15) is 16.5 Å². The van der Waals surface area contributed by atoms with Gasteiger partial charge in [0.15, 0.2) is 9.84 Å². The number of hydrogen-bond donors (Lipinski definition) is 3. The molecule has 8 heteroatoms. The average molecular weight is 443 g/mol. The Morgan fingerprint density at radius 3 is 2.30 bits per heavy atom. The molecule has 1 unspecified atom stereocenters. The molecule has 0 radical (unpaired) electrons. The van der Waals surface area contributed by atoms with Gasteiger partial charge in [-0.3, -0.25) is 10.3 Å². The second-order valence-electron chi connectivity index (χ2n) is 7.37. The van der Waals surface area contributed by atoms with Crippen LogP contribution in [-0.4, -0.2) is 45.3 Å². The normalized spacial score (nSPS) is 16.4. The van der Waals surface area contributed by atoms with Crippen LogP contribution in [0.3, 0.4) is 0 Å². The summed E-state index contributed by atoms with van der Waals surface area (Å²) in [6, 6.07) is 17.5. The fourth-order valence-corrected chi connectivity index (χ4v) is 5.94. The van der Waals surface area contributed by atoms with E-state index in [2.05, 4.69) is 5.32 Å². The summed E-state index contributed by atoms with van der Waals surface area (Å²) in [4.78, 5) is 2.26. The van der Waals surface area contributed by atoms with Gasteiger partial charge in [0, 0.05) is 36.8 Å². The summed E-state index contributed by atoms with van der Waals surface area (Å²) in [7, 11) is -3.71. The van der Waals surface area contributed by atoms with Gasteiger partial charge >= 0.3 is 0 Å². The van der Waals surface area contributed by atoms with Crippen molar-refractivity contribution in [2.75, 3.05) is 26.2 Å². The van der Waals surface area contributed by atoms with Crippen molar-refractivity contribution in [3.8, 4) is 0 Å². The lowest BCUT2D eigenvalue weighted by molar-refractivity contribution is 0.219. The highest BCUT2D eigenvalue weighted by Gasteiger charge is 2.35. The van der Waals surface area contributed by atoms with E-state index < -0.39 is 15.2 Å². The smallest absolute Gasteiger partial charge is 0.198 e. The van der Waals surface area contributed by atoms with Gasteiger partial charge in [-0.2, -0.15) is 0 Å². The molecule has 0 aliphatic carbocycles. The van der Waals surface area contributed by atoms with Crippen LogP contribution in [0.25, 0.3) is 10.8 Å². The number of piperazine rings is 1. The number of fused-ring (bicyclic) bond motifs is 1. The van der Waals surface area contributed by atoms with Crippen molar-refractivity contribution in [2.24, 2.45) is 5.73 Å². The zero-order valence-electron chi connectivity index (χ0n) is 16.3. The Morgan fingerprint density at radius 1 is 1.00 bits per heavy atom. The second kappa shape index (κ2) is 8.35. The Kier molecular flexibility index (Phi) is 5.79. The van der Waals surface area contributed by atoms with Gasteiger partial charge in [0.05, 0.1) is 4.90 Å². The van der Waals surface area contributed by atoms with Crippen LogP contribution in [0, 0.1) is 5.41 Å².